The summed E-state index contributed by atoms with van der Waals surface area (Å²) in [6, 6.07) is -3.68. The maximum atomic E-state index is 13.3. The molecule has 2 rings (SSSR count). The number of aliphatic carboxylic acids is 1. The van der Waals surface area contributed by atoms with Gasteiger partial charge in [-0.2, -0.15) is 0 Å². The quantitative estimate of drug-likeness (QED) is 0.130. The summed E-state index contributed by atoms with van der Waals surface area (Å²) in [5, 5.41) is 14.9. The molecule has 36 heavy (non-hydrogen) atoms. The van der Waals surface area contributed by atoms with Gasteiger partial charge in [0.1, 0.15) is 18.1 Å². The van der Waals surface area contributed by atoms with E-state index in [4.69, 9.17) is 17.2 Å². The average molecular weight is 509 g/mol. The summed E-state index contributed by atoms with van der Waals surface area (Å²) in [5.74, 6) is -2.57. The Kier molecular flexibility index (Phi) is 12.3. The van der Waals surface area contributed by atoms with Gasteiger partial charge in [-0.25, -0.2) is 9.78 Å². The first kappa shape index (κ1) is 29.2. The molecule has 0 aromatic carbocycles. The molecule has 1 aromatic heterocycles. The molecule has 1 aromatic rings. The van der Waals surface area contributed by atoms with Crippen molar-refractivity contribution in [3.8, 4) is 0 Å². The molecule has 1 aliphatic heterocycles. The van der Waals surface area contributed by atoms with Crippen LogP contribution in [0.1, 0.15) is 57.1 Å². The van der Waals surface area contributed by atoms with Crippen LogP contribution >= 0.6 is 0 Å². The summed E-state index contributed by atoms with van der Waals surface area (Å²) in [5.41, 5.74) is 17.7. The largest absolute Gasteiger partial charge is 0.480 e. The number of carbonyl (C=O) groups excluding carboxylic acids is 3. The molecule has 4 atom stereocenters. The van der Waals surface area contributed by atoms with E-state index in [1.807, 2.05) is 0 Å². The number of nitrogens with zero attached hydrogens (tertiary/aromatic N) is 2. The Hall–Kier alpha value is -3.03. The number of amides is 3. The molecule has 4 unspecified atom stereocenters. The number of rotatable bonds is 16. The Labute approximate surface area is 210 Å². The Morgan fingerprint density at radius 2 is 1.72 bits per heavy atom. The number of carbonyl (C=O) groups is 4. The van der Waals surface area contributed by atoms with Crippen molar-refractivity contribution in [3.05, 3.63) is 18.2 Å². The van der Waals surface area contributed by atoms with Gasteiger partial charge in [-0.3, -0.25) is 14.4 Å². The number of likely N-dealkylation sites (tertiary alicyclic amines) is 1. The zero-order valence-corrected chi connectivity index (χ0v) is 20.7. The van der Waals surface area contributed by atoms with Crippen molar-refractivity contribution in [2.45, 2.75) is 82.0 Å². The second-order valence-corrected chi connectivity index (χ2v) is 9.11. The van der Waals surface area contributed by atoms with Gasteiger partial charge in [0.25, 0.3) is 0 Å². The monoisotopic (exact) mass is 508 g/mol. The van der Waals surface area contributed by atoms with E-state index in [-0.39, 0.29) is 6.42 Å². The number of hydrogen-bond donors (Lipinski definition) is 7. The molecule has 1 saturated heterocycles. The first-order valence-electron chi connectivity index (χ1n) is 12.6. The minimum absolute atomic E-state index is 0.109. The number of unbranched alkanes of at least 4 members (excludes halogenated alkanes) is 2. The summed E-state index contributed by atoms with van der Waals surface area (Å²) in [4.78, 5) is 59.1. The highest BCUT2D eigenvalue weighted by Gasteiger charge is 2.38. The van der Waals surface area contributed by atoms with Crippen molar-refractivity contribution >= 4 is 23.7 Å². The van der Waals surface area contributed by atoms with E-state index in [9.17, 15) is 24.3 Å². The van der Waals surface area contributed by atoms with Gasteiger partial charge in [-0.1, -0.05) is 6.42 Å². The zero-order chi connectivity index (χ0) is 26.5. The number of nitrogens with one attached hydrogen (secondary N) is 3. The van der Waals surface area contributed by atoms with Gasteiger partial charge >= 0.3 is 5.97 Å². The van der Waals surface area contributed by atoms with Crippen LogP contribution in [0.15, 0.2) is 12.5 Å². The van der Waals surface area contributed by atoms with Crippen LogP contribution in [0.4, 0.5) is 0 Å². The molecule has 202 valence electrons. The molecule has 0 saturated carbocycles. The minimum Gasteiger partial charge on any atom is -0.480 e. The van der Waals surface area contributed by atoms with Crippen LogP contribution in [-0.4, -0.2) is 87.5 Å². The lowest BCUT2D eigenvalue weighted by Gasteiger charge is -2.29. The lowest BCUT2D eigenvalue weighted by Crippen LogP contribution is -2.57. The maximum Gasteiger partial charge on any atom is 0.326 e. The number of imidazole rings is 1. The topological polar surface area (TPSA) is 223 Å². The first-order chi connectivity index (χ1) is 17.3. The Morgan fingerprint density at radius 1 is 1.06 bits per heavy atom. The smallest absolute Gasteiger partial charge is 0.326 e. The lowest BCUT2D eigenvalue weighted by atomic mass is 10.0. The van der Waals surface area contributed by atoms with Crippen molar-refractivity contribution in [3.63, 3.8) is 0 Å². The van der Waals surface area contributed by atoms with Crippen LogP contribution < -0.4 is 27.8 Å². The van der Waals surface area contributed by atoms with Crippen molar-refractivity contribution < 1.29 is 24.3 Å². The van der Waals surface area contributed by atoms with Crippen molar-refractivity contribution in [1.82, 2.24) is 25.5 Å². The van der Waals surface area contributed by atoms with Crippen molar-refractivity contribution in [1.29, 1.82) is 0 Å². The molecule has 0 bridgehead atoms. The SMILES string of the molecule is NCCCCC(N)C(=O)NC(Cc1cnc[nH]1)C(=O)NC(CCCCN)C(=O)N1CCCC1C(=O)O. The molecule has 10 N–H and O–H groups in total. The highest BCUT2D eigenvalue weighted by molar-refractivity contribution is 5.94. The Balaban J connectivity index is 2.15. The molecule has 0 spiro atoms. The van der Waals surface area contributed by atoms with E-state index in [1.54, 1.807) is 6.20 Å². The second-order valence-electron chi connectivity index (χ2n) is 9.11. The maximum absolute atomic E-state index is 13.3. The fourth-order valence-corrected chi connectivity index (χ4v) is 4.25. The van der Waals surface area contributed by atoms with Gasteiger partial charge in [-0.15, -0.1) is 0 Å². The summed E-state index contributed by atoms with van der Waals surface area (Å²) in [6.45, 7) is 1.24. The van der Waals surface area contributed by atoms with Crippen molar-refractivity contribution in [2.75, 3.05) is 19.6 Å². The summed E-state index contributed by atoms with van der Waals surface area (Å²) >= 11 is 0. The van der Waals surface area contributed by atoms with E-state index >= 15 is 0 Å². The predicted molar refractivity (Wildman–Crippen MR) is 132 cm³/mol. The highest BCUT2D eigenvalue weighted by atomic mass is 16.4. The summed E-state index contributed by atoms with van der Waals surface area (Å²) in [6.07, 6.45) is 7.41. The Morgan fingerprint density at radius 3 is 2.33 bits per heavy atom. The van der Waals surface area contributed by atoms with Crippen LogP contribution in [0.3, 0.4) is 0 Å². The number of hydrogen-bond acceptors (Lipinski definition) is 8. The Bertz CT molecular complexity index is 850. The fraction of sp³-hybridized carbons (Fsp3) is 0.696. The van der Waals surface area contributed by atoms with Gasteiger partial charge in [-0.05, 0) is 58.0 Å². The zero-order valence-electron chi connectivity index (χ0n) is 20.7. The van der Waals surface area contributed by atoms with Crippen molar-refractivity contribution in [2.24, 2.45) is 17.2 Å². The fourth-order valence-electron chi connectivity index (χ4n) is 4.25. The van der Waals surface area contributed by atoms with Gasteiger partial charge in [0.2, 0.25) is 17.7 Å². The molecule has 1 fully saturated rings. The second kappa shape index (κ2) is 15.2. The third-order valence-corrected chi connectivity index (χ3v) is 6.30. The van der Waals surface area contributed by atoms with Crippen LogP contribution in [0.25, 0.3) is 0 Å². The van der Waals surface area contributed by atoms with E-state index in [2.05, 4.69) is 20.6 Å². The number of carboxylic acids is 1. The number of H-pyrrole nitrogens is 1. The molecule has 13 heteroatoms. The number of nitrogens with two attached hydrogens (primary N) is 3. The van der Waals surface area contributed by atoms with Gasteiger partial charge in [0.05, 0.1) is 12.4 Å². The average Bonchev–Trinajstić information content (AvgIpc) is 3.55. The number of carboxylic acid groups (broad SMARTS) is 1. The third kappa shape index (κ3) is 8.88. The summed E-state index contributed by atoms with van der Waals surface area (Å²) < 4.78 is 0. The van der Waals surface area contributed by atoms with E-state index < -0.39 is 47.9 Å². The first-order valence-corrected chi connectivity index (χ1v) is 12.6. The van der Waals surface area contributed by atoms with Crippen LogP contribution in [0.5, 0.6) is 0 Å². The molecule has 3 amide bonds. The van der Waals surface area contributed by atoms with Crippen LogP contribution in [0.2, 0.25) is 0 Å². The number of aromatic amines is 1. The molecule has 13 nitrogen and oxygen atoms in total. The van der Waals surface area contributed by atoms with Crippen LogP contribution in [0, 0.1) is 0 Å². The minimum atomic E-state index is -1.07. The molecule has 2 heterocycles. The normalized spacial score (nSPS) is 17.9. The van der Waals surface area contributed by atoms with E-state index in [0.717, 1.165) is 6.42 Å². The molecule has 0 aliphatic carbocycles. The van der Waals surface area contributed by atoms with Gasteiger partial charge in [0.15, 0.2) is 0 Å². The van der Waals surface area contributed by atoms with Gasteiger partial charge < -0.3 is 42.8 Å². The van der Waals surface area contributed by atoms with E-state index in [0.29, 0.717) is 70.3 Å². The highest BCUT2D eigenvalue weighted by Crippen LogP contribution is 2.20. The van der Waals surface area contributed by atoms with Gasteiger partial charge in [0, 0.05) is 24.9 Å². The molecular weight excluding hydrogens is 468 g/mol. The number of aromatic nitrogens is 2. The predicted octanol–water partition coefficient (Wildman–Crippen LogP) is -1.42. The standard InChI is InChI=1S/C23H40N8O5/c24-9-3-1-6-16(26)20(32)30-18(12-15-13-27-14-28-15)21(33)29-17(7-2-4-10-25)22(34)31-11-5-8-19(31)23(35)36/h13-14,16-19H,1-12,24-26H2,(H,27,28)(H,29,33)(H,30,32)(H,35,36). The summed E-state index contributed by atoms with van der Waals surface area (Å²) in [7, 11) is 0. The lowest BCUT2D eigenvalue weighted by molar-refractivity contribution is -0.149. The van der Waals surface area contributed by atoms with Crippen LogP contribution in [-0.2, 0) is 25.6 Å². The molecular formula is C23H40N8O5. The molecule has 0 radical (unpaired) electrons. The molecule has 1 aliphatic rings. The third-order valence-electron chi connectivity index (χ3n) is 6.30. The van der Waals surface area contributed by atoms with E-state index in [1.165, 1.54) is 11.2 Å².